The molecule has 0 amide bonds. The maximum Gasteiger partial charge on any atom is 0.223 e. The summed E-state index contributed by atoms with van der Waals surface area (Å²) < 4.78 is 45.1. The minimum atomic E-state index is -4.19. The molecule has 1 heterocycles. The predicted octanol–water partition coefficient (Wildman–Crippen LogP) is 4.91. The third-order valence-corrected chi connectivity index (χ3v) is 5.93. The summed E-state index contributed by atoms with van der Waals surface area (Å²) >= 11 is 0. The van der Waals surface area contributed by atoms with Crippen molar-refractivity contribution in [1.29, 1.82) is 5.26 Å². The number of nitriles is 1. The highest BCUT2D eigenvalue weighted by atomic mass is 32.2. The first-order valence-electron chi connectivity index (χ1n) is 8.28. The van der Waals surface area contributed by atoms with Gasteiger partial charge < -0.3 is 9.64 Å². The smallest absolute Gasteiger partial charge is 0.223 e. The van der Waals surface area contributed by atoms with Crippen LogP contribution in [-0.4, -0.2) is 8.42 Å². The van der Waals surface area contributed by atoms with Gasteiger partial charge in [-0.2, -0.15) is 5.26 Å². The molecule has 0 radical (unpaired) electrons. The first-order chi connectivity index (χ1) is 13.5. The lowest BCUT2D eigenvalue weighted by Crippen LogP contribution is -2.22. The summed E-state index contributed by atoms with van der Waals surface area (Å²) in [6.45, 7) is 0. The van der Waals surface area contributed by atoms with E-state index in [1.807, 2.05) is 30.3 Å². The van der Waals surface area contributed by atoms with Gasteiger partial charge in [-0.25, -0.2) is 12.8 Å². The van der Waals surface area contributed by atoms with Gasteiger partial charge in [0.1, 0.15) is 28.3 Å². The molecule has 0 fully saturated rings. The van der Waals surface area contributed by atoms with E-state index in [0.717, 1.165) is 6.07 Å². The first-order valence-corrected chi connectivity index (χ1v) is 9.77. The van der Waals surface area contributed by atoms with Crippen LogP contribution in [0.15, 0.2) is 88.8 Å². The van der Waals surface area contributed by atoms with Gasteiger partial charge >= 0.3 is 0 Å². The molecular formula is C21H13FN2O3S. The minimum Gasteiger partial charge on any atom is -0.457 e. The Kier molecular flexibility index (Phi) is 4.34. The summed E-state index contributed by atoms with van der Waals surface area (Å²) in [7, 11) is -4.19. The van der Waals surface area contributed by atoms with E-state index in [2.05, 4.69) is 0 Å². The van der Waals surface area contributed by atoms with Crippen molar-refractivity contribution in [1.82, 2.24) is 0 Å². The fourth-order valence-corrected chi connectivity index (χ4v) is 4.27. The fraction of sp³-hybridized carbons (Fsp3) is 0. The number of allylic oxidation sites excluding steroid dienone is 1. The molecule has 3 aromatic rings. The van der Waals surface area contributed by atoms with Crippen molar-refractivity contribution in [3.05, 3.63) is 89.7 Å². The van der Waals surface area contributed by atoms with Crippen LogP contribution in [0.3, 0.4) is 0 Å². The lowest BCUT2D eigenvalue weighted by atomic mass is 10.2. The van der Waals surface area contributed by atoms with Gasteiger partial charge in [-0.1, -0.05) is 24.3 Å². The lowest BCUT2D eigenvalue weighted by molar-refractivity contribution is 0.483. The van der Waals surface area contributed by atoms with Gasteiger partial charge in [0, 0.05) is 11.9 Å². The molecule has 0 atom stereocenters. The SMILES string of the molecule is N#CC1=CN(c2ccc(Oc3ccccc3)cc2)c2cccc(F)c2S1(=O)=O. The van der Waals surface area contributed by atoms with Crippen molar-refractivity contribution >= 4 is 21.2 Å². The Balaban J connectivity index is 1.75. The maximum absolute atomic E-state index is 14.3. The molecule has 0 aliphatic carbocycles. The van der Waals surface area contributed by atoms with Crippen molar-refractivity contribution in [3.63, 3.8) is 0 Å². The number of nitrogens with zero attached hydrogens (tertiary/aromatic N) is 2. The Morgan fingerprint density at radius 3 is 2.25 bits per heavy atom. The van der Waals surface area contributed by atoms with Gasteiger partial charge in [-0.05, 0) is 48.5 Å². The maximum atomic E-state index is 14.3. The monoisotopic (exact) mass is 392 g/mol. The molecule has 0 bridgehead atoms. The molecule has 138 valence electrons. The Hall–Kier alpha value is -3.63. The molecule has 5 nitrogen and oxygen atoms in total. The molecule has 0 saturated carbocycles. The Bertz CT molecular complexity index is 1210. The fourth-order valence-electron chi connectivity index (χ4n) is 2.92. The van der Waals surface area contributed by atoms with Gasteiger partial charge in [0.25, 0.3) is 0 Å². The highest BCUT2D eigenvalue weighted by Crippen LogP contribution is 2.41. The zero-order chi connectivity index (χ0) is 19.7. The summed E-state index contributed by atoms with van der Waals surface area (Å²) in [4.78, 5) is 0.456. The number of ether oxygens (including phenoxy) is 1. The summed E-state index contributed by atoms with van der Waals surface area (Å²) in [5.74, 6) is 0.370. The van der Waals surface area contributed by atoms with Crippen LogP contribution in [0, 0.1) is 17.1 Å². The zero-order valence-electron chi connectivity index (χ0n) is 14.4. The van der Waals surface area contributed by atoms with E-state index in [1.165, 1.54) is 23.2 Å². The van der Waals surface area contributed by atoms with Crippen molar-refractivity contribution in [2.24, 2.45) is 0 Å². The molecule has 0 N–H and O–H groups in total. The predicted molar refractivity (Wildman–Crippen MR) is 102 cm³/mol. The zero-order valence-corrected chi connectivity index (χ0v) is 15.2. The molecule has 0 spiro atoms. The number of sulfone groups is 1. The summed E-state index contributed by atoms with van der Waals surface area (Å²) in [6.07, 6.45) is 1.20. The third-order valence-electron chi connectivity index (χ3n) is 4.21. The van der Waals surface area contributed by atoms with Crippen LogP contribution in [0.4, 0.5) is 15.8 Å². The van der Waals surface area contributed by atoms with Crippen LogP contribution in [-0.2, 0) is 9.84 Å². The Morgan fingerprint density at radius 1 is 0.893 bits per heavy atom. The van der Waals surface area contributed by atoms with E-state index in [1.54, 1.807) is 30.3 Å². The van der Waals surface area contributed by atoms with E-state index in [0.29, 0.717) is 17.2 Å². The number of hydrogen-bond donors (Lipinski definition) is 0. The second-order valence-corrected chi connectivity index (χ2v) is 7.83. The van der Waals surface area contributed by atoms with Gasteiger partial charge in [0.05, 0.1) is 5.69 Å². The molecule has 28 heavy (non-hydrogen) atoms. The van der Waals surface area contributed by atoms with Crippen LogP contribution in [0.2, 0.25) is 0 Å². The number of hydrogen-bond acceptors (Lipinski definition) is 5. The average Bonchev–Trinajstić information content (AvgIpc) is 2.69. The number of para-hydroxylation sites is 1. The number of halogens is 1. The Labute approximate surface area is 161 Å². The van der Waals surface area contributed by atoms with E-state index < -0.39 is 25.5 Å². The normalized spacial score (nSPS) is 14.6. The van der Waals surface area contributed by atoms with Crippen molar-refractivity contribution in [2.75, 3.05) is 4.90 Å². The summed E-state index contributed by atoms with van der Waals surface area (Å²) in [5.41, 5.74) is 0.714. The highest BCUT2D eigenvalue weighted by molar-refractivity contribution is 7.95. The second kappa shape index (κ2) is 6.83. The van der Waals surface area contributed by atoms with Crippen molar-refractivity contribution in [3.8, 4) is 17.6 Å². The molecule has 4 rings (SSSR count). The van der Waals surface area contributed by atoms with Gasteiger partial charge in [-0.15, -0.1) is 0 Å². The van der Waals surface area contributed by atoms with Crippen molar-refractivity contribution < 1.29 is 17.5 Å². The molecule has 3 aromatic carbocycles. The lowest BCUT2D eigenvalue weighted by Gasteiger charge is -2.27. The standard InChI is InChI=1S/C21H13FN2O3S/c22-19-7-4-8-20-21(19)28(25,26)18(13-23)14-24(20)15-9-11-17(12-10-15)27-16-5-2-1-3-6-16/h1-12,14H. The number of rotatable bonds is 3. The van der Waals surface area contributed by atoms with Gasteiger partial charge in [0.2, 0.25) is 9.84 Å². The quantitative estimate of drug-likeness (QED) is 0.633. The molecule has 0 unspecified atom stereocenters. The van der Waals surface area contributed by atoms with Crippen molar-refractivity contribution in [2.45, 2.75) is 4.90 Å². The van der Waals surface area contributed by atoms with Gasteiger partial charge in [0.15, 0.2) is 4.91 Å². The van der Waals surface area contributed by atoms with Crippen LogP contribution >= 0.6 is 0 Å². The number of fused-ring (bicyclic) bond motifs is 1. The number of anilines is 2. The first kappa shape index (κ1) is 17.8. The second-order valence-electron chi connectivity index (χ2n) is 5.98. The molecular weight excluding hydrogens is 379 g/mol. The van der Waals surface area contributed by atoms with E-state index in [9.17, 15) is 18.1 Å². The van der Waals surface area contributed by atoms with Crippen LogP contribution < -0.4 is 9.64 Å². The average molecular weight is 392 g/mol. The van der Waals surface area contributed by atoms with Crippen LogP contribution in [0.1, 0.15) is 0 Å². The van der Waals surface area contributed by atoms with E-state index in [-0.39, 0.29) is 5.69 Å². The molecule has 0 saturated heterocycles. The van der Waals surface area contributed by atoms with Gasteiger partial charge in [-0.3, -0.25) is 0 Å². The van der Waals surface area contributed by atoms with Crippen LogP contribution in [0.5, 0.6) is 11.5 Å². The molecule has 1 aliphatic rings. The Morgan fingerprint density at radius 2 is 1.57 bits per heavy atom. The van der Waals surface area contributed by atoms with E-state index in [4.69, 9.17) is 4.74 Å². The minimum absolute atomic E-state index is 0.149. The molecule has 7 heteroatoms. The highest BCUT2D eigenvalue weighted by Gasteiger charge is 2.34. The largest absolute Gasteiger partial charge is 0.457 e. The third kappa shape index (κ3) is 3.00. The van der Waals surface area contributed by atoms with E-state index >= 15 is 0 Å². The molecule has 1 aliphatic heterocycles. The molecule has 0 aromatic heterocycles. The number of benzene rings is 3. The topological polar surface area (TPSA) is 70.4 Å². The summed E-state index contributed by atoms with van der Waals surface area (Å²) in [6, 6.07) is 21.7. The summed E-state index contributed by atoms with van der Waals surface area (Å²) in [5, 5.41) is 9.25. The van der Waals surface area contributed by atoms with Crippen LogP contribution in [0.25, 0.3) is 0 Å².